The molecule has 0 saturated carbocycles. The topological polar surface area (TPSA) is 87.7 Å². The van der Waals surface area contributed by atoms with Crippen LogP contribution < -0.4 is 15.4 Å². The van der Waals surface area contributed by atoms with Gasteiger partial charge in [0.1, 0.15) is 11.5 Å². The maximum atomic E-state index is 13.4. The van der Waals surface area contributed by atoms with Crippen molar-refractivity contribution in [3.63, 3.8) is 0 Å². The first kappa shape index (κ1) is 22.8. The smallest absolute Gasteiger partial charge is 0.226 e. The predicted molar refractivity (Wildman–Crippen MR) is 125 cm³/mol. The fourth-order valence-corrected chi connectivity index (χ4v) is 4.69. The van der Waals surface area contributed by atoms with Crippen molar-refractivity contribution in [3.8, 4) is 11.5 Å². The largest absolute Gasteiger partial charge is 0.457 e. The van der Waals surface area contributed by atoms with E-state index in [1.54, 1.807) is 0 Å². The number of carbonyl (C=O) groups excluding carboxylic acids is 3. The molecule has 2 aromatic rings. The van der Waals surface area contributed by atoms with E-state index in [0.29, 0.717) is 45.4 Å². The Morgan fingerprint density at radius 1 is 1.06 bits per heavy atom. The summed E-state index contributed by atoms with van der Waals surface area (Å²) in [7, 11) is 0. The summed E-state index contributed by atoms with van der Waals surface area (Å²) in [5.74, 6) is 1.47. The first-order valence-corrected chi connectivity index (χ1v) is 11.6. The Kier molecular flexibility index (Phi) is 6.96. The van der Waals surface area contributed by atoms with Gasteiger partial charge in [-0.3, -0.25) is 14.4 Å². The number of rotatable bonds is 3. The van der Waals surface area contributed by atoms with Gasteiger partial charge in [-0.2, -0.15) is 0 Å². The summed E-state index contributed by atoms with van der Waals surface area (Å²) in [6.07, 6.45) is 2.80. The van der Waals surface area contributed by atoms with Crippen molar-refractivity contribution in [1.82, 2.24) is 15.5 Å². The summed E-state index contributed by atoms with van der Waals surface area (Å²) in [5.41, 5.74) is 1.58. The number of amides is 3. The molecule has 2 N–H and O–H groups in total. The average Bonchev–Trinajstić information content (AvgIpc) is 2.79. The second-order valence-corrected chi connectivity index (χ2v) is 8.97. The molecule has 1 fully saturated rings. The second kappa shape index (κ2) is 10.1. The van der Waals surface area contributed by atoms with E-state index in [2.05, 4.69) is 10.6 Å². The van der Waals surface area contributed by atoms with Crippen molar-refractivity contribution in [2.75, 3.05) is 26.2 Å². The van der Waals surface area contributed by atoms with Crippen LogP contribution in [0.15, 0.2) is 48.5 Å². The average molecular weight is 450 g/mol. The lowest BCUT2D eigenvalue weighted by molar-refractivity contribution is -0.140. The van der Waals surface area contributed by atoms with Gasteiger partial charge in [-0.05, 0) is 61.1 Å². The summed E-state index contributed by atoms with van der Waals surface area (Å²) in [6.45, 7) is 3.40. The number of carbonyl (C=O) groups is 3. The molecule has 1 saturated heterocycles. The molecule has 7 heteroatoms. The molecule has 33 heavy (non-hydrogen) atoms. The lowest BCUT2D eigenvalue weighted by Gasteiger charge is -2.41. The highest BCUT2D eigenvalue weighted by Gasteiger charge is 2.42. The lowest BCUT2D eigenvalue weighted by Crippen LogP contribution is -2.51. The Balaban J connectivity index is 1.51. The third-order valence-electron chi connectivity index (χ3n) is 6.54. The molecule has 2 aliphatic rings. The van der Waals surface area contributed by atoms with Crippen LogP contribution in [-0.2, 0) is 27.2 Å². The maximum absolute atomic E-state index is 13.4. The number of ether oxygens (including phenoxy) is 1. The van der Waals surface area contributed by atoms with E-state index in [4.69, 9.17) is 4.74 Å². The molecule has 4 bridgehead atoms. The molecule has 4 rings (SSSR count). The van der Waals surface area contributed by atoms with Crippen LogP contribution in [0.2, 0.25) is 0 Å². The minimum atomic E-state index is -0.570. The lowest BCUT2D eigenvalue weighted by atomic mass is 9.72. The van der Waals surface area contributed by atoms with Crippen molar-refractivity contribution in [1.29, 1.82) is 0 Å². The number of likely N-dealkylation sites (tertiary alicyclic amines) is 1. The number of hydrogen-bond acceptors (Lipinski definition) is 4. The minimum Gasteiger partial charge on any atom is -0.457 e. The van der Waals surface area contributed by atoms with Crippen LogP contribution in [0, 0.1) is 5.41 Å². The van der Waals surface area contributed by atoms with Gasteiger partial charge in [0.15, 0.2) is 0 Å². The van der Waals surface area contributed by atoms with E-state index in [1.165, 1.54) is 6.92 Å². The number of benzene rings is 2. The number of hydrogen-bond donors (Lipinski definition) is 2. The van der Waals surface area contributed by atoms with Gasteiger partial charge in [0.05, 0.1) is 5.41 Å². The Bertz CT molecular complexity index is 1030. The molecule has 0 unspecified atom stereocenters. The van der Waals surface area contributed by atoms with Gasteiger partial charge in [0, 0.05) is 39.5 Å². The molecule has 0 aliphatic carbocycles. The van der Waals surface area contributed by atoms with Crippen molar-refractivity contribution in [2.45, 2.75) is 39.0 Å². The van der Waals surface area contributed by atoms with Crippen LogP contribution >= 0.6 is 0 Å². The monoisotopic (exact) mass is 449 g/mol. The van der Waals surface area contributed by atoms with Gasteiger partial charge in [-0.25, -0.2) is 0 Å². The second-order valence-electron chi connectivity index (χ2n) is 8.97. The summed E-state index contributed by atoms with van der Waals surface area (Å²) in [6, 6.07) is 15.9. The van der Waals surface area contributed by atoms with E-state index < -0.39 is 5.41 Å². The van der Waals surface area contributed by atoms with Crippen LogP contribution in [0.4, 0.5) is 0 Å². The van der Waals surface area contributed by atoms with E-state index in [9.17, 15) is 14.4 Å². The molecule has 7 nitrogen and oxygen atoms in total. The molecule has 2 aliphatic heterocycles. The highest BCUT2D eigenvalue weighted by atomic mass is 16.5. The molecule has 2 aromatic carbocycles. The van der Waals surface area contributed by atoms with Gasteiger partial charge >= 0.3 is 0 Å². The standard InChI is InChI=1S/C26H31N3O4/c1-19(30)27-13-9-24(31)29-14-10-26(11-15-29)18-21-5-3-7-23(17-21)33-22-6-2-4-20(16-22)8-12-28-25(26)32/h2-7,16-17H,8-15,18H2,1H3,(H,27,30)(H,28,32). The molecule has 3 amide bonds. The van der Waals surface area contributed by atoms with Gasteiger partial charge in [0.2, 0.25) is 17.7 Å². The third kappa shape index (κ3) is 5.72. The summed E-state index contributed by atoms with van der Waals surface area (Å²) in [5, 5.41) is 5.83. The zero-order chi connectivity index (χ0) is 23.3. The number of nitrogens with zero attached hydrogens (tertiary/aromatic N) is 1. The zero-order valence-electron chi connectivity index (χ0n) is 19.1. The first-order chi connectivity index (χ1) is 15.9. The molecule has 0 aromatic heterocycles. The Morgan fingerprint density at radius 3 is 2.42 bits per heavy atom. The van der Waals surface area contributed by atoms with E-state index in [-0.39, 0.29) is 24.1 Å². The fraction of sp³-hybridized carbons (Fsp3) is 0.423. The van der Waals surface area contributed by atoms with E-state index >= 15 is 0 Å². The highest BCUT2D eigenvalue weighted by Crippen LogP contribution is 2.37. The molecule has 2 heterocycles. The first-order valence-electron chi connectivity index (χ1n) is 11.6. The van der Waals surface area contributed by atoms with Crippen LogP contribution in [0.3, 0.4) is 0 Å². The fourth-order valence-electron chi connectivity index (χ4n) is 4.69. The quantitative estimate of drug-likeness (QED) is 0.754. The Labute approximate surface area is 194 Å². The van der Waals surface area contributed by atoms with Crippen molar-refractivity contribution in [3.05, 3.63) is 59.7 Å². The van der Waals surface area contributed by atoms with Crippen LogP contribution in [-0.4, -0.2) is 48.8 Å². The predicted octanol–water partition coefficient (Wildman–Crippen LogP) is 2.83. The third-order valence-corrected chi connectivity index (χ3v) is 6.54. The normalized spacial score (nSPS) is 17.6. The summed E-state index contributed by atoms with van der Waals surface area (Å²) >= 11 is 0. The molecule has 0 radical (unpaired) electrons. The summed E-state index contributed by atoms with van der Waals surface area (Å²) in [4.78, 5) is 38.9. The van der Waals surface area contributed by atoms with Crippen LogP contribution in [0.5, 0.6) is 11.5 Å². The van der Waals surface area contributed by atoms with Gasteiger partial charge in [0.25, 0.3) is 0 Å². The van der Waals surface area contributed by atoms with Crippen LogP contribution in [0.25, 0.3) is 0 Å². The van der Waals surface area contributed by atoms with Gasteiger partial charge in [-0.15, -0.1) is 0 Å². The number of piperidine rings is 1. The SMILES string of the molecule is CC(=O)NCCC(=O)N1CCC2(CC1)Cc1cccc(c1)Oc1cccc(c1)CCNC2=O. The highest BCUT2D eigenvalue weighted by molar-refractivity contribution is 5.84. The Morgan fingerprint density at radius 2 is 1.73 bits per heavy atom. The number of fused-ring (bicyclic) bond motifs is 4. The summed E-state index contributed by atoms with van der Waals surface area (Å²) < 4.78 is 6.09. The molecule has 0 atom stereocenters. The Hall–Kier alpha value is -3.35. The van der Waals surface area contributed by atoms with Crippen molar-refractivity contribution < 1.29 is 19.1 Å². The number of nitrogens with one attached hydrogen (secondary N) is 2. The molecular formula is C26H31N3O4. The van der Waals surface area contributed by atoms with Gasteiger partial charge < -0.3 is 20.3 Å². The van der Waals surface area contributed by atoms with E-state index in [0.717, 1.165) is 29.0 Å². The van der Waals surface area contributed by atoms with Crippen molar-refractivity contribution >= 4 is 17.7 Å². The van der Waals surface area contributed by atoms with Gasteiger partial charge in [-0.1, -0.05) is 24.3 Å². The maximum Gasteiger partial charge on any atom is 0.226 e. The van der Waals surface area contributed by atoms with Crippen LogP contribution in [0.1, 0.15) is 37.3 Å². The molecule has 174 valence electrons. The molecule has 1 spiro atoms. The molecular weight excluding hydrogens is 418 g/mol. The minimum absolute atomic E-state index is 0.0123. The zero-order valence-corrected chi connectivity index (χ0v) is 19.1. The van der Waals surface area contributed by atoms with Crippen molar-refractivity contribution in [2.24, 2.45) is 5.41 Å². The van der Waals surface area contributed by atoms with E-state index in [1.807, 2.05) is 53.4 Å².